The number of fused-ring (bicyclic) bond motifs is 1. The maximum atomic E-state index is 9.16. The Morgan fingerprint density at radius 3 is 2.88 bits per heavy atom. The van der Waals surface area contributed by atoms with Gasteiger partial charge < -0.3 is 9.94 Å². The van der Waals surface area contributed by atoms with Crippen molar-refractivity contribution >= 4 is 5.71 Å². The average Bonchev–Trinajstić information content (AvgIpc) is 2.38. The van der Waals surface area contributed by atoms with Crippen molar-refractivity contribution in [3.8, 4) is 5.75 Å². The van der Waals surface area contributed by atoms with E-state index >= 15 is 0 Å². The molecule has 0 radical (unpaired) electrons. The van der Waals surface area contributed by atoms with Gasteiger partial charge in [-0.3, -0.25) is 4.98 Å². The first-order valence-electron chi connectivity index (χ1n) is 6.17. The summed E-state index contributed by atoms with van der Waals surface area (Å²) in [7, 11) is 0. The van der Waals surface area contributed by atoms with Crippen molar-refractivity contribution in [1.82, 2.24) is 4.98 Å². The van der Waals surface area contributed by atoms with Gasteiger partial charge in [0.05, 0.1) is 11.9 Å². The molecule has 0 bridgehead atoms. The first-order chi connectivity index (χ1) is 8.33. The third-order valence-electron chi connectivity index (χ3n) is 3.80. The number of rotatable bonds is 0. The molecule has 1 aliphatic carbocycles. The van der Waals surface area contributed by atoms with Crippen molar-refractivity contribution < 1.29 is 9.94 Å². The maximum Gasteiger partial charge on any atom is 0.147 e. The van der Waals surface area contributed by atoms with E-state index in [-0.39, 0.29) is 5.60 Å². The monoisotopic (exact) mass is 232 g/mol. The summed E-state index contributed by atoms with van der Waals surface area (Å²) < 4.78 is 6.14. The van der Waals surface area contributed by atoms with Gasteiger partial charge in [-0.05, 0) is 31.7 Å². The predicted octanol–water partition coefficient (Wildman–Crippen LogP) is 2.75. The Morgan fingerprint density at radius 1 is 1.29 bits per heavy atom. The average molecular weight is 232 g/mol. The molecule has 0 saturated heterocycles. The van der Waals surface area contributed by atoms with Crippen LogP contribution in [0.4, 0.5) is 0 Å². The number of hydrogen-bond donors (Lipinski definition) is 1. The highest BCUT2D eigenvalue weighted by Gasteiger charge is 2.40. The Morgan fingerprint density at radius 2 is 2.12 bits per heavy atom. The fourth-order valence-electron chi connectivity index (χ4n) is 2.93. The van der Waals surface area contributed by atoms with Crippen molar-refractivity contribution in [1.29, 1.82) is 0 Å². The van der Waals surface area contributed by atoms with Crippen LogP contribution in [0.1, 0.15) is 44.1 Å². The second kappa shape index (κ2) is 4.02. The Labute approximate surface area is 100 Å². The lowest BCUT2D eigenvalue weighted by Crippen LogP contribution is -2.43. The van der Waals surface area contributed by atoms with Crippen molar-refractivity contribution in [2.45, 2.75) is 44.1 Å². The van der Waals surface area contributed by atoms with E-state index in [1.54, 1.807) is 12.4 Å². The highest BCUT2D eigenvalue weighted by atomic mass is 16.5. The standard InChI is InChI=1S/C13H16N2O2/c16-15-11-8-13(5-2-1-3-6-13)17-12-9-14-7-4-10(11)12/h4,7,9,16H,1-3,5-6,8H2/b15-11+. The van der Waals surface area contributed by atoms with Gasteiger partial charge in [0.15, 0.2) is 0 Å². The molecule has 1 saturated carbocycles. The Balaban J connectivity index is 2.00. The first-order valence-corrected chi connectivity index (χ1v) is 6.17. The Bertz CT molecular complexity index is 450. The smallest absolute Gasteiger partial charge is 0.147 e. The molecule has 1 fully saturated rings. The van der Waals surface area contributed by atoms with Crippen LogP contribution < -0.4 is 4.74 Å². The molecule has 0 unspecified atom stereocenters. The molecule has 4 heteroatoms. The van der Waals surface area contributed by atoms with Gasteiger partial charge in [-0.1, -0.05) is 11.6 Å². The number of nitrogens with zero attached hydrogens (tertiary/aromatic N) is 2. The minimum Gasteiger partial charge on any atom is -0.485 e. The van der Waals surface area contributed by atoms with Crippen LogP contribution in [0, 0.1) is 0 Å². The third-order valence-corrected chi connectivity index (χ3v) is 3.80. The van der Waals surface area contributed by atoms with E-state index in [1.807, 2.05) is 6.07 Å². The number of hydrogen-bond acceptors (Lipinski definition) is 4. The molecule has 2 heterocycles. The fraction of sp³-hybridized carbons (Fsp3) is 0.538. The van der Waals surface area contributed by atoms with Crippen LogP contribution in [0.3, 0.4) is 0 Å². The van der Waals surface area contributed by atoms with E-state index in [2.05, 4.69) is 10.1 Å². The van der Waals surface area contributed by atoms with E-state index in [0.717, 1.165) is 29.9 Å². The lowest BCUT2D eigenvalue weighted by molar-refractivity contribution is 0.0309. The predicted molar refractivity (Wildman–Crippen MR) is 63.6 cm³/mol. The van der Waals surface area contributed by atoms with Crippen LogP contribution >= 0.6 is 0 Å². The molecular weight excluding hydrogens is 216 g/mol. The summed E-state index contributed by atoms with van der Waals surface area (Å²) in [6.07, 6.45) is 9.86. The number of aromatic nitrogens is 1. The van der Waals surface area contributed by atoms with E-state index < -0.39 is 0 Å². The molecule has 1 aromatic heterocycles. The van der Waals surface area contributed by atoms with Crippen LogP contribution in [0.2, 0.25) is 0 Å². The highest BCUT2D eigenvalue weighted by Crippen LogP contribution is 2.41. The summed E-state index contributed by atoms with van der Waals surface area (Å²) in [6.45, 7) is 0. The van der Waals surface area contributed by atoms with Crippen LogP contribution in [0.25, 0.3) is 0 Å². The number of oxime groups is 1. The van der Waals surface area contributed by atoms with Crippen LogP contribution in [0.15, 0.2) is 23.6 Å². The zero-order valence-corrected chi connectivity index (χ0v) is 9.72. The molecule has 1 aromatic rings. The van der Waals surface area contributed by atoms with E-state index in [4.69, 9.17) is 9.94 Å². The lowest BCUT2D eigenvalue weighted by atomic mass is 9.78. The molecule has 1 spiro atoms. The molecule has 1 aliphatic heterocycles. The summed E-state index contributed by atoms with van der Waals surface area (Å²) in [5.74, 6) is 0.758. The second-order valence-corrected chi connectivity index (χ2v) is 4.94. The zero-order chi connectivity index (χ0) is 11.7. The molecule has 3 rings (SSSR count). The van der Waals surface area contributed by atoms with Gasteiger partial charge in [0.2, 0.25) is 0 Å². The van der Waals surface area contributed by atoms with Crippen LogP contribution in [-0.2, 0) is 0 Å². The maximum absolute atomic E-state index is 9.16. The van der Waals surface area contributed by atoms with Gasteiger partial charge in [-0.15, -0.1) is 0 Å². The molecule has 0 atom stereocenters. The van der Waals surface area contributed by atoms with Crippen LogP contribution in [0.5, 0.6) is 5.75 Å². The Hall–Kier alpha value is -1.58. The summed E-state index contributed by atoms with van der Waals surface area (Å²) in [6, 6.07) is 1.85. The van der Waals surface area contributed by atoms with Crippen molar-refractivity contribution in [3.63, 3.8) is 0 Å². The number of pyridine rings is 1. The number of ether oxygens (including phenoxy) is 1. The molecule has 17 heavy (non-hydrogen) atoms. The van der Waals surface area contributed by atoms with Gasteiger partial charge in [0.1, 0.15) is 11.4 Å². The Kier molecular flexibility index (Phi) is 2.50. The van der Waals surface area contributed by atoms with Gasteiger partial charge in [0.25, 0.3) is 0 Å². The van der Waals surface area contributed by atoms with E-state index in [0.29, 0.717) is 6.42 Å². The van der Waals surface area contributed by atoms with Gasteiger partial charge >= 0.3 is 0 Å². The molecule has 1 N–H and O–H groups in total. The van der Waals surface area contributed by atoms with Crippen molar-refractivity contribution in [3.05, 3.63) is 24.0 Å². The van der Waals surface area contributed by atoms with Crippen molar-refractivity contribution in [2.75, 3.05) is 0 Å². The lowest BCUT2D eigenvalue weighted by Gasteiger charge is -2.41. The first kappa shape index (κ1) is 10.6. The summed E-state index contributed by atoms with van der Waals surface area (Å²) >= 11 is 0. The quantitative estimate of drug-likeness (QED) is 0.552. The molecule has 90 valence electrons. The highest BCUT2D eigenvalue weighted by molar-refractivity contribution is 6.03. The zero-order valence-electron chi connectivity index (χ0n) is 9.72. The SMILES string of the molecule is O/N=C1\CC2(CCCCC2)Oc2cnccc21. The van der Waals surface area contributed by atoms with E-state index in [9.17, 15) is 0 Å². The van der Waals surface area contributed by atoms with Gasteiger partial charge in [-0.25, -0.2) is 0 Å². The van der Waals surface area contributed by atoms with Gasteiger partial charge in [-0.2, -0.15) is 0 Å². The normalized spacial score (nSPS) is 24.4. The summed E-state index contributed by atoms with van der Waals surface area (Å²) in [4.78, 5) is 4.08. The third kappa shape index (κ3) is 1.77. The molecule has 2 aliphatic rings. The molecule has 4 nitrogen and oxygen atoms in total. The van der Waals surface area contributed by atoms with E-state index in [1.165, 1.54) is 19.3 Å². The topological polar surface area (TPSA) is 54.7 Å². The summed E-state index contributed by atoms with van der Waals surface area (Å²) in [5, 5.41) is 12.6. The molecule has 0 aromatic carbocycles. The minimum atomic E-state index is -0.157. The minimum absolute atomic E-state index is 0.157. The molecule has 0 amide bonds. The summed E-state index contributed by atoms with van der Waals surface area (Å²) in [5.41, 5.74) is 1.45. The van der Waals surface area contributed by atoms with Crippen molar-refractivity contribution in [2.24, 2.45) is 5.16 Å². The molecular formula is C13H16N2O2. The second-order valence-electron chi connectivity index (χ2n) is 4.94. The van der Waals surface area contributed by atoms with Crippen LogP contribution in [-0.4, -0.2) is 21.5 Å². The van der Waals surface area contributed by atoms with Gasteiger partial charge in [0, 0.05) is 18.2 Å². The largest absolute Gasteiger partial charge is 0.485 e. The fourth-order valence-corrected chi connectivity index (χ4v) is 2.93.